The van der Waals surface area contributed by atoms with Gasteiger partial charge < -0.3 is 90.9 Å². The van der Waals surface area contributed by atoms with Crippen molar-refractivity contribution in [2.75, 3.05) is 32.8 Å². The van der Waals surface area contributed by atoms with Crippen LogP contribution >= 0.6 is 0 Å². The van der Waals surface area contributed by atoms with E-state index in [1.807, 2.05) is 0 Å². The van der Waals surface area contributed by atoms with E-state index in [1.54, 1.807) is 0 Å². The number of primary amides is 1. The van der Waals surface area contributed by atoms with Crippen molar-refractivity contribution in [3.8, 4) is 0 Å². The molecule has 23 heteroatoms. The summed E-state index contributed by atoms with van der Waals surface area (Å²) in [6, 6.07) is -5.28. The zero-order chi connectivity index (χ0) is 40.4. The van der Waals surface area contributed by atoms with Crippen molar-refractivity contribution in [3.63, 3.8) is 0 Å². The van der Waals surface area contributed by atoms with Crippen molar-refractivity contribution in [3.05, 3.63) is 0 Å². The second kappa shape index (κ2) is 23.8. The molecule has 0 saturated carbocycles. The highest BCUT2D eigenvalue weighted by Crippen LogP contribution is 2.24. The van der Waals surface area contributed by atoms with Crippen LogP contribution < -0.4 is 61.0 Å². The van der Waals surface area contributed by atoms with E-state index < -0.39 is 85.4 Å². The molecule has 0 spiro atoms. The molecule has 2 aliphatic rings. The van der Waals surface area contributed by atoms with Crippen molar-refractivity contribution in [1.29, 1.82) is 0 Å². The molecule has 54 heavy (non-hydrogen) atoms. The van der Waals surface area contributed by atoms with Crippen molar-refractivity contribution in [2.45, 2.75) is 125 Å². The van der Waals surface area contributed by atoms with Gasteiger partial charge >= 0.3 is 12.1 Å². The van der Waals surface area contributed by atoms with Gasteiger partial charge in [0, 0.05) is 57.0 Å². The standard InChI is InChI=1S/C31H60N12O11/c32-7-1-4-15(34)10-20(46)38-8-2-5-16(35)11-21(47)39-9-3-6-17(36)12-22(48)40-25-26(49)27(54-30(37)52)19(14-44)53-28(25)43-31-41-23(18(45)13-33)24(42-31)29(50)51/h15-19,23-28,44-45,49H,1-14,32-36H2,(H2,37,52)(H,38,46)(H,39,47)(H,40,48)(H,50,51)(H2,41,42,43)/t15-,16-,17-,18+,19?,23+,24-,25?,26?,27?,28?/m0/s1. The van der Waals surface area contributed by atoms with E-state index >= 15 is 0 Å². The third-order valence-electron chi connectivity index (χ3n) is 8.85. The number of hydrogen-bond acceptors (Lipinski definition) is 18. The zero-order valence-corrected chi connectivity index (χ0v) is 30.3. The van der Waals surface area contributed by atoms with Gasteiger partial charge in [-0.05, 0) is 45.1 Å². The van der Waals surface area contributed by atoms with Gasteiger partial charge in [0.05, 0.1) is 18.8 Å². The van der Waals surface area contributed by atoms with E-state index in [1.165, 1.54) is 0 Å². The van der Waals surface area contributed by atoms with Gasteiger partial charge in [-0.25, -0.2) is 14.6 Å². The summed E-state index contributed by atoms with van der Waals surface area (Å²) in [5.74, 6) is -2.60. The predicted octanol–water partition coefficient (Wildman–Crippen LogP) is -6.61. The Morgan fingerprint density at radius 1 is 0.889 bits per heavy atom. The smallest absolute Gasteiger partial charge is 0.404 e. The quantitative estimate of drug-likeness (QED) is 0.0405. The maximum absolute atomic E-state index is 13.1. The Morgan fingerprint density at radius 3 is 1.91 bits per heavy atom. The Kier molecular flexibility index (Phi) is 20.3. The highest BCUT2D eigenvalue weighted by molar-refractivity contribution is 5.89. The fraction of sp³-hybridized carbons (Fsp3) is 0.806. The number of aliphatic hydroxyl groups excluding tert-OH is 3. The van der Waals surface area contributed by atoms with E-state index in [4.69, 9.17) is 43.9 Å². The average molecular weight is 777 g/mol. The minimum Gasteiger partial charge on any atom is -0.480 e. The average Bonchev–Trinajstić information content (AvgIpc) is 3.54. The molecule has 5 unspecified atom stereocenters. The number of hydrogen-bond donors (Lipinski definition) is 15. The number of carbonyl (C=O) groups excluding carboxylic acids is 4. The molecule has 21 N–H and O–H groups in total. The van der Waals surface area contributed by atoms with E-state index in [-0.39, 0.29) is 56.2 Å². The zero-order valence-electron chi connectivity index (χ0n) is 30.3. The lowest BCUT2D eigenvalue weighted by Gasteiger charge is -2.44. The number of carboxylic acids is 1. The van der Waals surface area contributed by atoms with Gasteiger partial charge in [-0.1, -0.05) is 0 Å². The predicted molar refractivity (Wildman–Crippen MR) is 193 cm³/mol. The summed E-state index contributed by atoms with van der Waals surface area (Å²) < 4.78 is 10.7. The summed E-state index contributed by atoms with van der Waals surface area (Å²) >= 11 is 0. The number of nitrogens with zero attached hydrogens (tertiary/aromatic N) is 1. The molecule has 0 aromatic heterocycles. The van der Waals surface area contributed by atoms with Crippen LogP contribution in [0.15, 0.2) is 4.99 Å². The first kappa shape index (κ1) is 46.2. The van der Waals surface area contributed by atoms with Crippen molar-refractivity contribution in [1.82, 2.24) is 26.6 Å². The van der Waals surface area contributed by atoms with E-state index in [2.05, 4.69) is 31.6 Å². The van der Waals surface area contributed by atoms with Crippen LogP contribution in [0.5, 0.6) is 0 Å². The van der Waals surface area contributed by atoms with E-state index in [9.17, 15) is 44.4 Å². The Bertz CT molecular complexity index is 1250. The summed E-state index contributed by atoms with van der Waals surface area (Å²) in [4.78, 5) is 64.7. The number of aliphatic imine (C=N–C) groups is 1. The summed E-state index contributed by atoms with van der Waals surface area (Å²) in [7, 11) is 0. The van der Waals surface area contributed by atoms with Crippen LogP contribution in [0.1, 0.15) is 57.8 Å². The minimum atomic E-state index is -1.69. The first-order valence-electron chi connectivity index (χ1n) is 18.0. The molecule has 1 saturated heterocycles. The second-order valence-electron chi connectivity index (χ2n) is 13.4. The fourth-order valence-electron chi connectivity index (χ4n) is 6.01. The Hall–Kier alpha value is -3.94. The van der Waals surface area contributed by atoms with Crippen LogP contribution in [0, 0.1) is 0 Å². The maximum Gasteiger partial charge on any atom is 0.404 e. The largest absolute Gasteiger partial charge is 0.480 e. The number of guanidine groups is 1. The molecular formula is C31H60N12O11. The molecule has 2 aliphatic heterocycles. The van der Waals surface area contributed by atoms with Crippen LogP contribution in [0.25, 0.3) is 0 Å². The molecule has 0 aromatic carbocycles. The van der Waals surface area contributed by atoms with Gasteiger partial charge in [0.25, 0.3) is 0 Å². The summed E-state index contributed by atoms with van der Waals surface area (Å²) in [5, 5.41) is 54.3. The molecule has 23 nitrogen and oxygen atoms in total. The van der Waals surface area contributed by atoms with Gasteiger partial charge in [-0.15, -0.1) is 0 Å². The number of nitrogens with two attached hydrogens (primary N) is 6. The number of carboxylic acid groups (broad SMARTS) is 1. The molecule has 0 aliphatic carbocycles. The summed E-state index contributed by atoms with van der Waals surface area (Å²) in [6.07, 6.45) is -5.15. The van der Waals surface area contributed by atoms with E-state index in [0.717, 1.165) is 6.42 Å². The minimum absolute atomic E-state index is 0.0815. The molecule has 1 fully saturated rings. The van der Waals surface area contributed by atoms with Gasteiger partial charge in [-0.3, -0.25) is 14.4 Å². The van der Waals surface area contributed by atoms with Gasteiger partial charge in [0.2, 0.25) is 17.7 Å². The third-order valence-corrected chi connectivity index (χ3v) is 8.85. The van der Waals surface area contributed by atoms with Crippen molar-refractivity contribution in [2.24, 2.45) is 39.4 Å². The Morgan fingerprint density at radius 2 is 1.43 bits per heavy atom. The van der Waals surface area contributed by atoms with Gasteiger partial charge in [0.15, 0.2) is 24.3 Å². The lowest BCUT2D eigenvalue weighted by atomic mass is 9.95. The molecule has 0 aromatic rings. The second-order valence-corrected chi connectivity index (χ2v) is 13.4. The van der Waals surface area contributed by atoms with Crippen molar-refractivity contribution >= 4 is 35.7 Å². The topological polar surface area (TPSA) is 413 Å². The molecule has 2 heterocycles. The number of amides is 4. The van der Waals surface area contributed by atoms with Crippen LogP contribution in [0.3, 0.4) is 0 Å². The number of aliphatic carboxylic acids is 1. The first-order valence-corrected chi connectivity index (χ1v) is 18.0. The van der Waals surface area contributed by atoms with Crippen LogP contribution in [0.4, 0.5) is 4.79 Å². The third kappa shape index (κ3) is 15.8. The number of ether oxygens (including phenoxy) is 2. The molecule has 11 atom stereocenters. The summed E-state index contributed by atoms with van der Waals surface area (Å²) in [6.45, 7) is 0.173. The first-order chi connectivity index (χ1) is 25.6. The number of rotatable bonds is 24. The normalized spacial score (nSPS) is 25.9. The van der Waals surface area contributed by atoms with Crippen molar-refractivity contribution < 1.29 is 53.9 Å². The Balaban J connectivity index is 1.85. The number of nitrogens with one attached hydrogen (secondary N) is 5. The lowest BCUT2D eigenvalue weighted by Crippen LogP contribution is -2.69. The van der Waals surface area contributed by atoms with Gasteiger partial charge in [0.1, 0.15) is 18.2 Å². The summed E-state index contributed by atoms with van der Waals surface area (Å²) in [5.41, 5.74) is 34.2. The van der Waals surface area contributed by atoms with Gasteiger partial charge in [-0.2, -0.15) is 0 Å². The van der Waals surface area contributed by atoms with Crippen LogP contribution in [0.2, 0.25) is 0 Å². The van der Waals surface area contributed by atoms with E-state index in [0.29, 0.717) is 45.2 Å². The number of aliphatic hydroxyl groups is 3. The Labute approximate surface area is 313 Å². The highest BCUT2D eigenvalue weighted by atomic mass is 16.6. The van der Waals surface area contributed by atoms with Crippen LogP contribution in [-0.4, -0.2) is 156 Å². The lowest BCUT2D eigenvalue weighted by molar-refractivity contribution is -0.198. The highest BCUT2D eigenvalue weighted by Gasteiger charge is 2.49. The molecule has 4 amide bonds. The molecule has 310 valence electrons. The molecular weight excluding hydrogens is 716 g/mol. The monoisotopic (exact) mass is 776 g/mol. The van der Waals surface area contributed by atoms with Crippen LogP contribution in [-0.2, 0) is 28.7 Å². The molecule has 2 rings (SSSR count). The molecule has 0 bridgehead atoms. The maximum atomic E-state index is 13.1. The fourth-order valence-corrected chi connectivity index (χ4v) is 6.01. The number of carbonyl (C=O) groups is 5. The molecule has 0 radical (unpaired) electrons. The SMILES string of the molecule is NCCC[C@H](N)CC(=O)NCCC[C@H](N)CC(=O)NCCC[C@H](N)CC(=O)NC1C(NC2=N[C@H](C(=O)O)[C@@H]([C@H](O)CN)N2)OC(CO)C(OC(N)=O)C1O.